The fraction of sp³-hybridized carbons (Fsp3) is 0.333. The van der Waals surface area contributed by atoms with Crippen LogP contribution in [0.3, 0.4) is 0 Å². The molecule has 0 amide bonds. The first kappa shape index (κ1) is 11.5. The maximum absolute atomic E-state index is 12.5. The molecule has 74 valence electrons. The standard InChI is InChI=1S/C6H7FO6/c7-3(5(11)6(12)13)4(10)2(9)1-8/h2,8-9,11H,1H2,(H,12,13)/b5-3+. The van der Waals surface area contributed by atoms with Gasteiger partial charge in [-0.1, -0.05) is 0 Å². The van der Waals surface area contributed by atoms with E-state index in [4.69, 9.17) is 20.4 Å². The summed E-state index contributed by atoms with van der Waals surface area (Å²) < 4.78 is 12.5. The van der Waals surface area contributed by atoms with Gasteiger partial charge in [0.25, 0.3) is 0 Å². The Labute approximate surface area is 71.5 Å². The fourth-order valence-electron chi connectivity index (χ4n) is 0.440. The molecule has 0 aliphatic rings. The van der Waals surface area contributed by atoms with Crippen molar-refractivity contribution in [3.05, 3.63) is 11.6 Å². The van der Waals surface area contributed by atoms with Crippen LogP contribution in [0.1, 0.15) is 0 Å². The number of rotatable bonds is 4. The number of carbonyl (C=O) groups excluding carboxylic acids is 1. The maximum Gasteiger partial charge on any atom is 0.374 e. The molecule has 1 unspecified atom stereocenters. The third kappa shape index (κ3) is 2.80. The van der Waals surface area contributed by atoms with Gasteiger partial charge in [-0.3, -0.25) is 4.79 Å². The van der Waals surface area contributed by atoms with Gasteiger partial charge in [-0.05, 0) is 0 Å². The van der Waals surface area contributed by atoms with Crippen molar-refractivity contribution in [2.75, 3.05) is 6.61 Å². The number of carboxylic acid groups (broad SMARTS) is 1. The fourth-order valence-corrected chi connectivity index (χ4v) is 0.440. The Morgan fingerprint density at radius 3 is 2.08 bits per heavy atom. The zero-order valence-corrected chi connectivity index (χ0v) is 6.27. The summed E-state index contributed by atoms with van der Waals surface area (Å²) in [5.74, 6) is -7.50. The first-order chi connectivity index (χ1) is 5.91. The number of hydrogen-bond donors (Lipinski definition) is 4. The van der Waals surface area contributed by atoms with E-state index in [9.17, 15) is 14.0 Å². The number of carboxylic acids is 1. The van der Waals surface area contributed by atoms with Gasteiger partial charge in [0, 0.05) is 0 Å². The molecule has 0 aliphatic heterocycles. The second kappa shape index (κ2) is 4.53. The molecule has 0 spiro atoms. The number of ketones is 1. The molecular weight excluding hydrogens is 187 g/mol. The Kier molecular flexibility index (Phi) is 4.02. The van der Waals surface area contributed by atoms with Gasteiger partial charge in [0.2, 0.25) is 17.4 Å². The van der Waals surface area contributed by atoms with Gasteiger partial charge in [0.05, 0.1) is 6.61 Å². The van der Waals surface area contributed by atoms with Crippen molar-refractivity contribution in [3.8, 4) is 0 Å². The molecule has 0 saturated carbocycles. The van der Waals surface area contributed by atoms with Gasteiger partial charge >= 0.3 is 5.97 Å². The molecule has 0 saturated heterocycles. The molecule has 13 heavy (non-hydrogen) atoms. The summed E-state index contributed by atoms with van der Waals surface area (Å²) in [5.41, 5.74) is 0. The highest BCUT2D eigenvalue weighted by Crippen LogP contribution is 2.07. The number of aliphatic carboxylic acids is 1. The number of halogens is 1. The van der Waals surface area contributed by atoms with Crippen molar-refractivity contribution in [1.82, 2.24) is 0 Å². The van der Waals surface area contributed by atoms with Gasteiger partial charge in [0.1, 0.15) is 6.10 Å². The molecule has 0 rings (SSSR count). The summed E-state index contributed by atoms with van der Waals surface area (Å²) in [4.78, 5) is 20.5. The number of hydrogen-bond acceptors (Lipinski definition) is 5. The second-order valence-electron chi connectivity index (χ2n) is 2.03. The molecule has 0 aromatic carbocycles. The van der Waals surface area contributed by atoms with E-state index in [1.165, 1.54) is 0 Å². The van der Waals surface area contributed by atoms with E-state index in [0.717, 1.165) is 0 Å². The van der Waals surface area contributed by atoms with E-state index in [0.29, 0.717) is 0 Å². The molecule has 6 nitrogen and oxygen atoms in total. The van der Waals surface area contributed by atoms with Crippen molar-refractivity contribution in [2.45, 2.75) is 6.10 Å². The van der Waals surface area contributed by atoms with Crippen molar-refractivity contribution in [1.29, 1.82) is 0 Å². The number of aliphatic hydroxyl groups excluding tert-OH is 3. The quantitative estimate of drug-likeness (QED) is 0.327. The molecule has 1 atom stereocenters. The van der Waals surface area contributed by atoms with Crippen LogP contribution in [0.5, 0.6) is 0 Å². The zero-order valence-electron chi connectivity index (χ0n) is 6.27. The van der Waals surface area contributed by atoms with Crippen LogP contribution in [0.25, 0.3) is 0 Å². The summed E-state index contributed by atoms with van der Waals surface area (Å²) in [7, 11) is 0. The van der Waals surface area contributed by atoms with Crippen molar-refractivity contribution in [3.63, 3.8) is 0 Å². The van der Waals surface area contributed by atoms with Crippen LogP contribution in [0.2, 0.25) is 0 Å². The lowest BCUT2D eigenvalue weighted by molar-refractivity contribution is -0.137. The Balaban J connectivity index is 4.78. The SMILES string of the molecule is O=C(O)/C(O)=C(\F)C(=O)C(O)CO. The largest absolute Gasteiger partial charge is 0.500 e. The molecule has 4 N–H and O–H groups in total. The predicted molar refractivity (Wildman–Crippen MR) is 36.5 cm³/mol. The smallest absolute Gasteiger partial charge is 0.374 e. The molecule has 7 heteroatoms. The third-order valence-electron chi connectivity index (χ3n) is 1.10. The van der Waals surface area contributed by atoms with E-state index >= 15 is 0 Å². The molecule has 0 aromatic heterocycles. The van der Waals surface area contributed by atoms with Gasteiger partial charge in [-0.25, -0.2) is 4.79 Å². The van der Waals surface area contributed by atoms with Crippen LogP contribution in [0, 0.1) is 0 Å². The number of carbonyl (C=O) groups is 2. The van der Waals surface area contributed by atoms with Crippen molar-refractivity contribution >= 4 is 11.8 Å². The van der Waals surface area contributed by atoms with Crippen LogP contribution in [0.15, 0.2) is 11.6 Å². The lowest BCUT2D eigenvalue weighted by Gasteiger charge is -2.03. The third-order valence-corrected chi connectivity index (χ3v) is 1.10. The van der Waals surface area contributed by atoms with E-state index in [-0.39, 0.29) is 0 Å². The Bertz CT molecular complexity index is 258. The summed E-state index contributed by atoms with van der Waals surface area (Å²) in [5, 5.41) is 33.1. The van der Waals surface area contributed by atoms with E-state index in [1.54, 1.807) is 0 Å². The van der Waals surface area contributed by atoms with Crippen LogP contribution in [0.4, 0.5) is 4.39 Å². The van der Waals surface area contributed by atoms with Crippen molar-refractivity contribution < 1.29 is 34.4 Å². The maximum atomic E-state index is 12.5. The first-order valence-electron chi connectivity index (χ1n) is 3.07. The average Bonchev–Trinajstić information content (AvgIpc) is 2.12. The highest BCUT2D eigenvalue weighted by molar-refractivity contribution is 6.02. The lowest BCUT2D eigenvalue weighted by Crippen LogP contribution is -2.26. The van der Waals surface area contributed by atoms with E-state index in [2.05, 4.69) is 0 Å². The average molecular weight is 194 g/mol. The molecule has 0 heterocycles. The molecule has 0 bridgehead atoms. The van der Waals surface area contributed by atoms with E-state index in [1.807, 2.05) is 0 Å². The highest BCUT2D eigenvalue weighted by Gasteiger charge is 2.25. The van der Waals surface area contributed by atoms with Crippen LogP contribution < -0.4 is 0 Å². The molecular formula is C6H7FO6. The second-order valence-corrected chi connectivity index (χ2v) is 2.03. The summed E-state index contributed by atoms with van der Waals surface area (Å²) in [6.45, 7) is -1.06. The Morgan fingerprint density at radius 2 is 1.77 bits per heavy atom. The van der Waals surface area contributed by atoms with Crippen molar-refractivity contribution in [2.24, 2.45) is 0 Å². The monoisotopic (exact) mass is 194 g/mol. The summed E-state index contributed by atoms with van der Waals surface area (Å²) in [6, 6.07) is 0. The highest BCUT2D eigenvalue weighted by atomic mass is 19.1. The van der Waals surface area contributed by atoms with Crippen LogP contribution in [-0.4, -0.2) is 44.9 Å². The Morgan fingerprint density at radius 1 is 1.31 bits per heavy atom. The lowest BCUT2D eigenvalue weighted by atomic mass is 10.2. The van der Waals surface area contributed by atoms with Gasteiger partial charge in [-0.15, -0.1) is 0 Å². The minimum atomic E-state index is -2.07. The first-order valence-corrected chi connectivity index (χ1v) is 3.07. The molecule has 0 aromatic rings. The van der Waals surface area contributed by atoms with Gasteiger partial charge in [-0.2, -0.15) is 4.39 Å². The molecule has 0 fully saturated rings. The van der Waals surface area contributed by atoms with E-state index < -0.39 is 36.0 Å². The Hall–Kier alpha value is -1.47. The topological polar surface area (TPSA) is 115 Å². The number of aliphatic hydroxyl groups is 3. The van der Waals surface area contributed by atoms with Crippen LogP contribution in [-0.2, 0) is 9.59 Å². The predicted octanol–water partition coefficient (Wildman–Crippen LogP) is -1.27. The minimum absolute atomic E-state index is 1.06. The molecule has 0 aliphatic carbocycles. The van der Waals surface area contributed by atoms with Gasteiger partial charge < -0.3 is 20.4 Å². The molecule has 0 radical (unpaired) electrons. The summed E-state index contributed by atoms with van der Waals surface area (Å²) >= 11 is 0. The zero-order chi connectivity index (χ0) is 10.6. The van der Waals surface area contributed by atoms with Crippen LogP contribution >= 0.6 is 0 Å². The summed E-state index contributed by atoms with van der Waals surface area (Å²) in [6.07, 6.45) is -2.07. The van der Waals surface area contributed by atoms with Gasteiger partial charge in [0.15, 0.2) is 0 Å². The number of Topliss-reactive ketones (excluding diaryl/α,β-unsaturated/α-hetero) is 1. The normalized spacial score (nSPS) is 14.7. The minimum Gasteiger partial charge on any atom is -0.500 e.